The molecule has 178 valence electrons. The van der Waals surface area contributed by atoms with Gasteiger partial charge in [-0.15, -0.1) is 17.8 Å². The molecule has 2 heterocycles. The van der Waals surface area contributed by atoms with Gasteiger partial charge in [-0.2, -0.15) is 0 Å². The Kier molecular flexibility index (Phi) is 9.27. The van der Waals surface area contributed by atoms with Crippen molar-refractivity contribution < 1.29 is 23.8 Å². The molecule has 1 N–H and O–H groups in total. The smallest absolute Gasteiger partial charge is 0.237 e. The number of nitrogens with zero attached hydrogens (tertiary/aromatic N) is 2. The van der Waals surface area contributed by atoms with E-state index in [9.17, 15) is 14.3 Å². The molecule has 0 saturated heterocycles. The van der Waals surface area contributed by atoms with Crippen LogP contribution in [-0.4, -0.2) is 72.4 Å². The van der Waals surface area contributed by atoms with E-state index in [-0.39, 0.29) is 50.2 Å². The normalized spacial score (nSPS) is 16.5. The maximum atomic E-state index is 13.4. The Bertz CT molecular complexity index is 941. The lowest BCUT2D eigenvalue weighted by molar-refractivity contribution is -0.137. The van der Waals surface area contributed by atoms with Crippen LogP contribution in [0.2, 0.25) is 0 Å². The highest BCUT2D eigenvalue weighted by atomic mass is 32.1. The molecule has 8 heteroatoms. The van der Waals surface area contributed by atoms with E-state index in [4.69, 9.17) is 15.9 Å². The number of terminal acetylenes is 1. The van der Waals surface area contributed by atoms with Crippen molar-refractivity contribution in [3.05, 3.63) is 52.0 Å². The highest BCUT2D eigenvalue weighted by Crippen LogP contribution is 2.34. The molecule has 2 atom stereocenters. The SMILES string of the molecule is C#CCOCC(O)CN(CC(=O)N1CCc2sccc2C1COc1ccc(F)cc1)C(C)C. The first kappa shape index (κ1) is 25.2. The molecule has 2 unspecified atom stereocenters. The van der Waals surface area contributed by atoms with Crippen LogP contribution in [0.5, 0.6) is 5.75 Å². The molecule has 33 heavy (non-hydrogen) atoms. The summed E-state index contributed by atoms with van der Waals surface area (Å²) >= 11 is 1.69. The molecular weight excluding hydrogens is 443 g/mol. The number of rotatable bonds is 11. The average molecular weight is 475 g/mol. The predicted octanol–water partition coefficient (Wildman–Crippen LogP) is 3.11. The zero-order chi connectivity index (χ0) is 23.8. The highest BCUT2D eigenvalue weighted by molar-refractivity contribution is 7.10. The van der Waals surface area contributed by atoms with Gasteiger partial charge in [0.25, 0.3) is 0 Å². The zero-order valence-corrected chi connectivity index (χ0v) is 19.9. The topological polar surface area (TPSA) is 62.2 Å². The van der Waals surface area contributed by atoms with Gasteiger partial charge >= 0.3 is 0 Å². The molecule has 0 radical (unpaired) electrons. The molecular formula is C25H31FN2O4S. The Morgan fingerprint density at radius 2 is 2.12 bits per heavy atom. The fourth-order valence-electron chi connectivity index (χ4n) is 3.88. The zero-order valence-electron chi connectivity index (χ0n) is 19.1. The quantitative estimate of drug-likeness (QED) is 0.401. The van der Waals surface area contributed by atoms with Gasteiger partial charge in [0, 0.05) is 24.0 Å². The summed E-state index contributed by atoms with van der Waals surface area (Å²) in [5.41, 5.74) is 1.10. The van der Waals surface area contributed by atoms with Gasteiger partial charge in [-0.3, -0.25) is 9.69 Å². The molecule has 0 bridgehead atoms. The average Bonchev–Trinajstić information content (AvgIpc) is 3.27. The predicted molar refractivity (Wildman–Crippen MR) is 127 cm³/mol. The van der Waals surface area contributed by atoms with Gasteiger partial charge in [-0.1, -0.05) is 5.92 Å². The Morgan fingerprint density at radius 3 is 2.82 bits per heavy atom. The second kappa shape index (κ2) is 12.1. The van der Waals surface area contributed by atoms with Crippen LogP contribution >= 0.6 is 11.3 Å². The minimum Gasteiger partial charge on any atom is -0.491 e. The number of halogens is 1. The summed E-state index contributed by atoms with van der Waals surface area (Å²) in [5.74, 6) is 2.59. The second-order valence-corrected chi connectivity index (χ2v) is 9.31. The van der Waals surface area contributed by atoms with Crippen LogP contribution in [0, 0.1) is 18.2 Å². The van der Waals surface area contributed by atoms with Gasteiger partial charge in [-0.05, 0) is 61.5 Å². The molecule has 0 fully saturated rings. The summed E-state index contributed by atoms with van der Waals surface area (Å²) in [6.45, 7) is 5.62. The number of fused-ring (bicyclic) bond motifs is 1. The van der Waals surface area contributed by atoms with E-state index in [0.717, 1.165) is 12.0 Å². The molecule has 1 aromatic carbocycles. The summed E-state index contributed by atoms with van der Waals surface area (Å²) in [6.07, 6.45) is 5.24. The lowest BCUT2D eigenvalue weighted by Crippen LogP contribution is -2.49. The number of ether oxygens (including phenoxy) is 2. The van der Waals surface area contributed by atoms with Gasteiger partial charge in [-0.25, -0.2) is 4.39 Å². The Balaban J connectivity index is 1.68. The first-order valence-corrected chi connectivity index (χ1v) is 11.9. The molecule has 0 spiro atoms. The lowest BCUT2D eigenvalue weighted by Gasteiger charge is -2.38. The second-order valence-electron chi connectivity index (χ2n) is 8.31. The van der Waals surface area contributed by atoms with Crippen LogP contribution in [0.1, 0.15) is 30.3 Å². The van der Waals surface area contributed by atoms with E-state index in [2.05, 4.69) is 5.92 Å². The molecule has 3 rings (SSSR count). The number of benzene rings is 1. The minimum absolute atomic E-state index is 0.0231. The number of thiophene rings is 1. The van der Waals surface area contributed by atoms with Crippen LogP contribution in [-0.2, 0) is 16.0 Å². The fraction of sp³-hybridized carbons (Fsp3) is 0.480. The molecule has 1 aromatic heterocycles. The molecule has 0 saturated carbocycles. The van der Waals surface area contributed by atoms with Crippen molar-refractivity contribution in [1.29, 1.82) is 0 Å². The number of amides is 1. The standard InChI is InChI=1S/C25H31FN2O4S/c1-4-12-31-16-20(29)14-27(18(2)3)15-25(30)28-11-9-24-22(10-13-33-24)23(28)17-32-21-7-5-19(26)6-8-21/h1,5-8,10,13,18,20,23,29H,9,11-12,14-17H2,2-3H3. The molecule has 6 nitrogen and oxygen atoms in total. The van der Waals surface area contributed by atoms with Gasteiger partial charge in [0.1, 0.15) is 24.8 Å². The first-order chi connectivity index (χ1) is 15.9. The number of hydrogen-bond acceptors (Lipinski definition) is 6. The van der Waals surface area contributed by atoms with Gasteiger partial charge < -0.3 is 19.5 Å². The summed E-state index contributed by atoms with van der Waals surface area (Å²) in [7, 11) is 0. The molecule has 1 amide bonds. The van der Waals surface area contributed by atoms with E-state index in [0.29, 0.717) is 18.8 Å². The van der Waals surface area contributed by atoms with Crippen molar-refractivity contribution >= 4 is 17.2 Å². The maximum absolute atomic E-state index is 13.4. The number of hydrogen-bond donors (Lipinski definition) is 1. The van der Waals surface area contributed by atoms with E-state index < -0.39 is 6.10 Å². The van der Waals surface area contributed by atoms with Crippen LogP contribution in [0.3, 0.4) is 0 Å². The third-order valence-corrected chi connectivity index (χ3v) is 6.64. The van der Waals surface area contributed by atoms with Crippen molar-refractivity contribution in [1.82, 2.24) is 9.80 Å². The summed E-state index contributed by atoms with van der Waals surface area (Å²) < 4.78 is 24.4. The first-order valence-electron chi connectivity index (χ1n) is 11.1. The molecule has 0 aliphatic carbocycles. The fourth-order valence-corrected chi connectivity index (χ4v) is 4.81. The van der Waals surface area contributed by atoms with E-state index in [1.807, 2.05) is 35.1 Å². The van der Waals surface area contributed by atoms with Crippen molar-refractivity contribution in [2.75, 3.05) is 39.5 Å². The van der Waals surface area contributed by atoms with Crippen molar-refractivity contribution in [3.63, 3.8) is 0 Å². The number of aliphatic hydroxyl groups is 1. The minimum atomic E-state index is -0.740. The van der Waals surface area contributed by atoms with Crippen molar-refractivity contribution in [2.45, 2.75) is 38.5 Å². The summed E-state index contributed by atoms with van der Waals surface area (Å²) in [5, 5.41) is 12.3. The maximum Gasteiger partial charge on any atom is 0.237 e. The Labute approximate surface area is 198 Å². The van der Waals surface area contributed by atoms with E-state index >= 15 is 0 Å². The van der Waals surface area contributed by atoms with Crippen LogP contribution in [0.15, 0.2) is 35.7 Å². The van der Waals surface area contributed by atoms with Gasteiger partial charge in [0.2, 0.25) is 5.91 Å². The third-order valence-electron chi connectivity index (χ3n) is 5.65. The van der Waals surface area contributed by atoms with E-state index in [1.54, 1.807) is 23.5 Å². The number of carbonyl (C=O) groups excluding carboxylic acids is 1. The van der Waals surface area contributed by atoms with Crippen LogP contribution in [0.4, 0.5) is 4.39 Å². The van der Waals surface area contributed by atoms with E-state index in [1.165, 1.54) is 17.0 Å². The number of aliphatic hydroxyl groups excluding tert-OH is 1. The van der Waals surface area contributed by atoms with Crippen molar-refractivity contribution in [3.8, 4) is 18.1 Å². The summed E-state index contributed by atoms with van der Waals surface area (Å²) in [6, 6.07) is 7.77. The Hall–Kier alpha value is -2.44. The van der Waals surface area contributed by atoms with Crippen molar-refractivity contribution in [2.24, 2.45) is 0 Å². The Morgan fingerprint density at radius 1 is 1.36 bits per heavy atom. The lowest BCUT2D eigenvalue weighted by atomic mass is 10.00. The molecule has 2 aromatic rings. The molecule has 1 aliphatic heterocycles. The van der Waals surface area contributed by atoms with Crippen LogP contribution < -0.4 is 4.74 Å². The van der Waals surface area contributed by atoms with Crippen LogP contribution in [0.25, 0.3) is 0 Å². The third kappa shape index (κ3) is 7.02. The molecule has 1 aliphatic rings. The monoisotopic (exact) mass is 474 g/mol. The highest BCUT2D eigenvalue weighted by Gasteiger charge is 2.33. The largest absolute Gasteiger partial charge is 0.491 e. The summed E-state index contributed by atoms with van der Waals surface area (Å²) in [4.78, 5) is 18.4. The van der Waals surface area contributed by atoms with Gasteiger partial charge in [0.15, 0.2) is 0 Å². The number of carbonyl (C=O) groups is 1. The van der Waals surface area contributed by atoms with Gasteiger partial charge in [0.05, 0.1) is 25.3 Å².